The quantitative estimate of drug-likeness (QED) is 0.515. The van der Waals surface area contributed by atoms with Gasteiger partial charge in [-0.3, -0.25) is 4.90 Å². The Labute approximate surface area is 153 Å². The molecule has 0 unspecified atom stereocenters. The number of nitrogens with zero attached hydrogens (tertiary/aromatic N) is 2. The Hall–Kier alpha value is -2.16. The summed E-state index contributed by atoms with van der Waals surface area (Å²) in [6.45, 7) is 11.2. The lowest BCUT2D eigenvalue weighted by molar-refractivity contribution is -0.159. The molecule has 8 nitrogen and oxygen atoms in total. The van der Waals surface area contributed by atoms with Gasteiger partial charge in [0.15, 0.2) is 0 Å². The molecule has 0 atom stereocenters. The monoisotopic (exact) mass is 368 g/mol. The second kappa shape index (κ2) is 13.1. The number of rotatable bonds is 8. The van der Waals surface area contributed by atoms with Gasteiger partial charge < -0.3 is 24.6 Å². The first-order valence-corrected chi connectivity index (χ1v) is 8.69. The first-order chi connectivity index (χ1) is 12.5. The maximum absolute atomic E-state index is 9.10. The highest BCUT2D eigenvalue weighted by atomic mass is 16.5. The lowest BCUT2D eigenvalue weighted by Crippen LogP contribution is -2.47. The number of hydrogen-bond acceptors (Lipinski definition) is 6. The van der Waals surface area contributed by atoms with Crippen LogP contribution in [0.15, 0.2) is 30.3 Å². The number of likely N-dealkylation sites (N-methyl/N-ethyl adjacent to an activating group) is 1. The van der Waals surface area contributed by atoms with Crippen LogP contribution in [0.4, 0.5) is 0 Å². The highest BCUT2D eigenvalue weighted by Crippen LogP contribution is 2.07. The zero-order valence-corrected chi connectivity index (χ0v) is 15.2. The molecule has 0 aliphatic carbocycles. The van der Waals surface area contributed by atoms with E-state index in [9.17, 15) is 0 Å². The van der Waals surface area contributed by atoms with E-state index in [2.05, 4.69) is 16.7 Å². The smallest absolute Gasteiger partial charge is 0.414 e. The minimum Gasteiger partial charge on any atom is -0.491 e. The molecule has 8 heteroatoms. The van der Waals surface area contributed by atoms with Gasteiger partial charge in [-0.05, 0) is 18.7 Å². The molecule has 0 bridgehead atoms. The van der Waals surface area contributed by atoms with Crippen LogP contribution in [-0.4, -0.2) is 91.0 Å². The number of para-hydroxylation sites is 1. The van der Waals surface area contributed by atoms with E-state index in [-0.39, 0.29) is 0 Å². The summed E-state index contributed by atoms with van der Waals surface area (Å²) >= 11 is 0. The summed E-state index contributed by atoms with van der Waals surface area (Å²) in [5.41, 5.74) is 0. The fraction of sp³-hybridized carbons (Fsp3) is 0.556. The van der Waals surface area contributed by atoms with E-state index in [0.29, 0.717) is 13.2 Å². The second-order valence-electron chi connectivity index (χ2n) is 5.66. The molecule has 146 valence electrons. The molecule has 2 rings (SSSR count). The van der Waals surface area contributed by atoms with Gasteiger partial charge in [-0.1, -0.05) is 25.1 Å². The van der Waals surface area contributed by atoms with Crippen LogP contribution in [0.1, 0.15) is 6.92 Å². The molecule has 1 aliphatic heterocycles. The Kier molecular flexibility index (Phi) is 11.0. The van der Waals surface area contributed by atoms with Crippen LogP contribution >= 0.6 is 0 Å². The molecule has 1 aromatic rings. The normalized spacial score (nSPS) is 15.0. The molecule has 1 aliphatic rings. The fourth-order valence-corrected chi connectivity index (χ4v) is 2.36. The van der Waals surface area contributed by atoms with Gasteiger partial charge in [0.2, 0.25) is 0 Å². The number of hydrogen-bond donors (Lipinski definition) is 2. The van der Waals surface area contributed by atoms with E-state index >= 15 is 0 Å². The Morgan fingerprint density at radius 2 is 1.50 bits per heavy atom. The summed E-state index contributed by atoms with van der Waals surface area (Å²) in [6.07, 6.45) is 0. The van der Waals surface area contributed by atoms with Crippen molar-refractivity contribution in [1.29, 1.82) is 0 Å². The van der Waals surface area contributed by atoms with E-state index in [1.807, 2.05) is 30.3 Å². The number of ether oxygens (including phenoxy) is 2. The molecule has 2 N–H and O–H groups in total. The van der Waals surface area contributed by atoms with Crippen LogP contribution < -0.4 is 4.74 Å². The van der Waals surface area contributed by atoms with Crippen molar-refractivity contribution in [3.05, 3.63) is 30.3 Å². The minimum absolute atomic E-state index is 0.619. The molecular formula is C18H28N2O6. The van der Waals surface area contributed by atoms with E-state index in [4.69, 9.17) is 29.3 Å². The lowest BCUT2D eigenvalue weighted by atomic mass is 10.3. The average Bonchev–Trinajstić information content (AvgIpc) is 2.66. The third kappa shape index (κ3) is 9.97. The Morgan fingerprint density at radius 3 is 2.04 bits per heavy atom. The van der Waals surface area contributed by atoms with E-state index in [1.54, 1.807) is 0 Å². The molecule has 0 aromatic heterocycles. The molecule has 0 saturated carbocycles. The SMILES string of the molecule is CCN1CCN(CCOCCOc2ccccc2)CC1.O=C(O)C(=O)O. The second-order valence-corrected chi connectivity index (χ2v) is 5.66. The van der Waals surface area contributed by atoms with Crippen molar-refractivity contribution in [1.82, 2.24) is 9.80 Å². The van der Waals surface area contributed by atoms with E-state index in [0.717, 1.165) is 32.0 Å². The largest absolute Gasteiger partial charge is 0.491 e. The number of benzene rings is 1. The topological polar surface area (TPSA) is 99.5 Å². The van der Waals surface area contributed by atoms with Gasteiger partial charge >= 0.3 is 11.9 Å². The van der Waals surface area contributed by atoms with Gasteiger partial charge in [0.25, 0.3) is 0 Å². The summed E-state index contributed by atoms with van der Waals surface area (Å²) < 4.78 is 11.2. The average molecular weight is 368 g/mol. The number of carboxylic acids is 2. The molecule has 26 heavy (non-hydrogen) atoms. The van der Waals surface area contributed by atoms with E-state index < -0.39 is 11.9 Å². The molecule has 0 spiro atoms. The standard InChI is InChI=1S/C16H26N2O2.C2H2O4/c1-2-17-8-10-18(11-9-17)12-13-19-14-15-20-16-6-4-3-5-7-16;3-1(4)2(5)6/h3-7H,2,8-15H2,1H3;(H,3,4)(H,5,6). The summed E-state index contributed by atoms with van der Waals surface area (Å²) in [5, 5.41) is 14.8. The van der Waals surface area contributed by atoms with Crippen molar-refractivity contribution in [3.8, 4) is 5.75 Å². The molecule has 1 aromatic carbocycles. The molecule has 1 saturated heterocycles. The van der Waals surface area contributed by atoms with Gasteiger partial charge in [-0.15, -0.1) is 0 Å². The van der Waals surface area contributed by atoms with Crippen LogP contribution in [-0.2, 0) is 14.3 Å². The summed E-state index contributed by atoms with van der Waals surface area (Å²) in [6, 6.07) is 9.88. The summed E-state index contributed by atoms with van der Waals surface area (Å²) in [5.74, 6) is -2.74. The zero-order valence-electron chi connectivity index (χ0n) is 15.2. The highest BCUT2D eigenvalue weighted by Gasteiger charge is 2.14. The Balaban J connectivity index is 0.000000487. The van der Waals surface area contributed by atoms with Gasteiger partial charge in [-0.2, -0.15) is 0 Å². The van der Waals surface area contributed by atoms with Crippen LogP contribution in [0.2, 0.25) is 0 Å². The molecule has 0 radical (unpaired) electrons. The molecule has 1 heterocycles. The zero-order chi connectivity index (χ0) is 19.2. The van der Waals surface area contributed by atoms with Crippen LogP contribution in [0.5, 0.6) is 5.75 Å². The maximum Gasteiger partial charge on any atom is 0.414 e. The number of aliphatic carboxylic acids is 2. The number of carboxylic acid groups (broad SMARTS) is 2. The van der Waals surface area contributed by atoms with Crippen LogP contribution in [0, 0.1) is 0 Å². The van der Waals surface area contributed by atoms with Gasteiger partial charge in [0.05, 0.1) is 13.2 Å². The van der Waals surface area contributed by atoms with Gasteiger partial charge in [-0.25, -0.2) is 9.59 Å². The Morgan fingerprint density at radius 1 is 0.923 bits per heavy atom. The fourth-order valence-electron chi connectivity index (χ4n) is 2.36. The van der Waals surface area contributed by atoms with Crippen LogP contribution in [0.3, 0.4) is 0 Å². The first-order valence-electron chi connectivity index (χ1n) is 8.69. The van der Waals surface area contributed by atoms with E-state index in [1.165, 1.54) is 19.6 Å². The van der Waals surface area contributed by atoms with Crippen molar-refractivity contribution in [3.63, 3.8) is 0 Å². The maximum atomic E-state index is 9.10. The Bertz CT molecular complexity index is 506. The molecule has 1 fully saturated rings. The number of carbonyl (C=O) groups is 2. The predicted octanol–water partition coefficient (Wildman–Crippen LogP) is 0.875. The first kappa shape index (κ1) is 21.9. The van der Waals surface area contributed by atoms with Gasteiger partial charge in [0, 0.05) is 32.7 Å². The predicted molar refractivity (Wildman–Crippen MR) is 96.6 cm³/mol. The minimum atomic E-state index is -1.82. The summed E-state index contributed by atoms with van der Waals surface area (Å²) in [7, 11) is 0. The third-order valence-electron chi connectivity index (χ3n) is 3.89. The summed E-state index contributed by atoms with van der Waals surface area (Å²) in [4.78, 5) is 23.2. The molecular weight excluding hydrogens is 340 g/mol. The van der Waals surface area contributed by atoms with Crippen molar-refractivity contribution in [2.24, 2.45) is 0 Å². The van der Waals surface area contributed by atoms with Crippen molar-refractivity contribution < 1.29 is 29.3 Å². The van der Waals surface area contributed by atoms with Crippen molar-refractivity contribution in [2.75, 3.05) is 59.1 Å². The third-order valence-corrected chi connectivity index (χ3v) is 3.89. The highest BCUT2D eigenvalue weighted by molar-refractivity contribution is 6.27. The molecule has 0 amide bonds. The number of piperazine rings is 1. The van der Waals surface area contributed by atoms with Crippen molar-refractivity contribution in [2.45, 2.75) is 6.92 Å². The lowest BCUT2D eigenvalue weighted by Gasteiger charge is -2.33. The van der Waals surface area contributed by atoms with Crippen molar-refractivity contribution >= 4 is 11.9 Å². The van der Waals surface area contributed by atoms with Gasteiger partial charge in [0.1, 0.15) is 12.4 Å². The van der Waals surface area contributed by atoms with Crippen LogP contribution in [0.25, 0.3) is 0 Å².